The maximum atomic E-state index is 13.0. The van der Waals surface area contributed by atoms with E-state index in [9.17, 15) is 4.39 Å². The van der Waals surface area contributed by atoms with Crippen LogP contribution in [-0.2, 0) is 6.42 Å². The summed E-state index contributed by atoms with van der Waals surface area (Å²) in [6.07, 6.45) is 6.15. The van der Waals surface area contributed by atoms with Gasteiger partial charge in [-0.25, -0.2) is 14.4 Å². The summed E-state index contributed by atoms with van der Waals surface area (Å²) in [5.74, 6) is 2.75. The third-order valence-electron chi connectivity index (χ3n) is 4.42. The molecule has 0 aliphatic heterocycles. The van der Waals surface area contributed by atoms with Gasteiger partial charge in [0.25, 0.3) is 0 Å². The minimum atomic E-state index is -0.231. The van der Waals surface area contributed by atoms with E-state index in [0.717, 1.165) is 23.4 Å². The molecule has 0 aliphatic carbocycles. The summed E-state index contributed by atoms with van der Waals surface area (Å²) in [7, 11) is 4.72. The maximum Gasteiger partial charge on any atom is 0.203 e. The van der Waals surface area contributed by atoms with Crippen LogP contribution in [0.3, 0.4) is 0 Å². The van der Waals surface area contributed by atoms with E-state index in [-0.39, 0.29) is 5.82 Å². The van der Waals surface area contributed by atoms with Crippen LogP contribution in [0.2, 0.25) is 0 Å². The van der Waals surface area contributed by atoms with Crippen LogP contribution in [0.25, 0.3) is 12.2 Å². The molecule has 0 unspecified atom stereocenters. The summed E-state index contributed by atoms with van der Waals surface area (Å²) in [6, 6.07) is 12.0. The zero-order chi connectivity index (χ0) is 21.3. The summed E-state index contributed by atoms with van der Waals surface area (Å²) in [4.78, 5) is 8.78. The molecule has 0 aliphatic rings. The van der Waals surface area contributed by atoms with E-state index in [4.69, 9.17) is 14.2 Å². The van der Waals surface area contributed by atoms with Crippen molar-refractivity contribution in [2.45, 2.75) is 6.42 Å². The van der Waals surface area contributed by atoms with Crippen LogP contribution in [0.15, 0.2) is 48.7 Å². The standard InChI is InChI=1S/C23H24FN3O3/c1-28-19-14-17(15-20(29-2)23(19)30-3)6-9-21-26-13-11-22(27-21)25-12-10-16-4-7-18(24)8-5-16/h4-9,11,13-15H,10,12H2,1-3H3,(H,25,26,27). The molecule has 2 aromatic carbocycles. The minimum Gasteiger partial charge on any atom is -0.493 e. The van der Waals surface area contributed by atoms with Gasteiger partial charge in [-0.1, -0.05) is 18.2 Å². The first-order chi connectivity index (χ1) is 14.6. The Morgan fingerprint density at radius 1 is 0.933 bits per heavy atom. The highest BCUT2D eigenvalue weighted by Crippen LogP contribution is 2.38. The molecule has 3 aromatic rings. The average Bonchev–Trinajstić information content (AvgIpc) is 2.78. The summed E-state index contributed by atoms with van der Waals surface area (Å²) in [5, 5.41) is 3.26. The lowest BCUT2D eigenvalue weighted by molar-refractivity contribution is 0.324. The largest absolute Gasteiger partial charge is 0.493 e. The molecule has 1 aromatic heterocycles. The van der Waals surface area contributed by atoms with Crippen LogP contribution >= 0.6 is 0 Å². The molecule has 0 saturated heterocycles. The molecule has 0 radical (unpaired) electrons. The molecule has 1 N–H and O–H groups in total. The van der Waals surface area contributed by atoms with Crippen LogP contribution in [0.4, 0.5) is 10.2 Å². The van der Waals surface area contributed by atoms with E-state index in [1.807, 2.05) is 24.3 Å². The Kier molecular flexibility index (Phi) is 7.21. The van der Waals surface area contributed by atoms with Crippen molar-refractivity contribution in [1.29, 1.82) is 0 Å². The molecule has 0 amide bonds. The quantitative estimate of drug-likeness (QED) is 0.563. The number of nitrogens with zero attached hydrogens (tertiary/aromatic N) is 2. The highest BCUT2D eigenvalue weighted by molar-refractivity contribution is 5.71. The van der Waals surface area contributed by atoms with Crippen molar-refractivity contribution in [3.8, 4) is 17.2 Å². The molecule has 0 atom stereocenters. The van der Waals surface area contributed by atoms with Crippen LogP contribution in [0.1, 0.15) is 17.0 Å². The number of halogens is 1. The molecule has 0 spiro atoms. The summed E-state index contributed by atoms with van der Waals surface area (Å²) in [6.45, 7) is 0.679. The topological polar surface area (TPSA) is 65.5 Å². The van der Waals surface area contributed by atoms with Crippen molar-refractivity contribution >= 4 is 18.0 Å². The second kappa shape index (κ2) is 10.2. The normalized spacial score (nSPS) is 10.8. The van der Waals surface area contributed by atoms with E-state index in [1.54, 1.807) is 45.7 Å². The van der Waals surface area contributed by atoms with Gasteiger partial charge in [0, 0.05) is 12.7 Å². The predicted octanol–water partition coefficient (Wildman–Crippen LogP) is 4.47. The fourth-order valence-corrected chi connectivity index (χ4v) is 2.91. The number of hydrogen-bond acceptors (Lipinski definition) is 6. The van der Waals surface area contributed by atoms with Gasteiger partial charge < -0.3 is 19.5 Å². The molecule has 0 bridgehead atoms. The highest BCUT2D eigenvalue weighted by atomic mass is 19.1. The van der Waals surface area contributed by atoms with Crippen LogP contribution in [0, 0.1) is 5.82 Å². The Morgan fingerprint density at radius 2 is 1.63 bits per heavy atom. The number of methoxy groups -OCH3 is 3. The number of hydrogen-bond donors (Lipinski definition) is 1. The van der Waals surface area contributed by atoms with E-state index >= 15 is 0 Å². The molecule has 156 valence electrons. The second-order valence-electron chi connectivity index (χ2n) is 6.40. The van der Waals surface area contributed by atoms with Gasteiger partial charge in [0.15, 0.2) is 17.3 Å². The first-order valence-electron chi connectivity index (χ1n) is 9.42. The third kappa shape index (κ3) is 5.47. The number of aromatic nitrogens is 2. The lowest BCUT2D eigenvalue weighted by Crippen LogP contribution is -2.07. The Morgan fingerprint density at radius 3 is 2.27 bits per heavy atom. The van der Waals surface area contributed by atoms with Crippen LogP contribution < -0.4 is 19.5 Å². The van der Waals surface area contributed by atoms with Gasteiger partial charge in [-0.3, -0.25) is 0 Å². The van der Waals surface area contributed by atoms with Gasteiger partial charge >= 0.3 is 0 Å². The Bertz CT molecular complexity index is 982. The van der Waals surface area contributed by atoms with Gasteiger partial charge in [-0.2, -0.15) is 0 Å². The van der Waals surface area contributed by atoms with Gasteiger partial charge in [0.05, 0.1) is 21.3 Å². The SMILES string of the molecule is COc1cc(C=Cc2nccc(NCCc3ccc(F)cc3)n2)cc(OC)c1OC. The molecule has 1 heterocycles. The Balaban J connectivity index is 1.67. The molecule has 3 rings (SSSR count). The van der Waals surface area contributed by atoms with Crippen molar-refractivity contribution in [3.05, 3.63) is 71.4 Å². The molecular formula is C23H24FN3O3. The molecule has 0 fully saturated rings. The van der Waals surface area contributed by atoms with Gasteiger partial charge in [0.1, 0.15) is 11.6 Å². The van der Waals surface area contributed by atoms with Crippen molar-refractivity contribution in [3.63, 3.8) is 0 Å². The summed E-state index contributed by atoms with van der Waals surface area (Å²) in [5.41, 5.74) is 1.92. The van der Waals surface area contributed by atoms with E-state index in [2.05, 4.69) is 15.3 Å². The lowest BCUT2D eigenvalue weighted by atomic mass is 10.1. The van der Waals surface area contributed by atoms with Crippen molar-refractivity contribution in [1.82, 2.24) is 9.97 Å². The number of rotatable bonds is 9. The maximum absolute atomic E-state index is 13.0. The Hall–Kier alpha value is -3.61. The summed E-state index contributed by atoms with van der Waals surface area (Å²) < 4.78 is 29.1. The van der Waals surface area contributed by atoms with Gasteiger partial charge in [0.2, 0.25) is 5.75 Å². The average molecular weight is 409 g/mol. The fraction of sp³-hybridized carbons (Fsp3) is 0.217. The zero-order valence-electron chi connectivity index (χ0n) is 17.2. The number of anilines is 1. The van der Waals surface area contributed by atoms with Crippen LogP contribution in [-0.4, -0.2) is 37.8 Å². The second-order valence-corrected chi connectivity index (χ2v) is 6.40. The molecule has 0 saturated carbocycles. The fourth-order valence-electron chi connectivity index (χ4n) is 2.91. The minimum absolute atomic E-state index is 0.231. The van der Waals surface area contributed by atoms with E-state index in [0.29, 0.717) is 29.6 Å². The highest BCUT2D eigenvalue weighted by Gasteiger charge is 2.12. The number of benzene rings is 2. The predicted molar refractivity (Wildman–Crippen MR) is 116 cm³/mol. The number of nitrogens with one attached hydrogen (secondary N) is 1. The molecule has 7 heteroatoms. The van der Waals surface area contributed by atoms with Crippen molar-refractivity contribution < 1.29 is 18.6 Å². The third-order valence-corrected chi connectivity index (χ3v) is 4.42. The van der Waals surface area contributed by atoms with Gasteiger partial charge in [-0.05, 0) is 54.0 Å². The lowest BCUT2D eigenvalue weighted by Gasteiger charge is -2.12. The summed E-state index contributed by atoms with van der Waals surface area (Å²) >= 11 is 0. The number of ether oxygens (including phenoxy) is 3. The van der Waals surface area contributed by atoms with Crippen molar-refractivity contribution in [2.24, 2.45) is 0 Å². The van der Waals surface area contributed by atoms with Crippen LogP contribution in [0.5, 0.6) is 17.2 Å². The van der Waals surface area contributed by atoms with E-state index in [1.165, 1.54) is 12.1 Å². The smallest absolute Gasteiger partial charge is 0.203 e. The van der Waals surface area contributed by atoms with E-state index < -0.39 is 0 Å². The monoisotopic (exact) mass is 409 g/mol. The first-order valence-corrected chi connectivity index (χ1v) is 9.42. The molecular weight excluding hydrogens is 385 g/mol. The Labute approximate surface area is 175 Å². The molecule has 30 heavy (non-hydrogen) atoms. The van der Waals surface area contributed by atoms with Gasteiger partial charge in [-0.15, -0.1) is 0 Å². The zero-order valence-corrected chi connectivity index (χ0v) is 17.2. The van der Waals surface area contributed by atoms with Crippen molar-refractivity contribution in [2.75, 3.05) is 33.2 Å². The molecule has 6 nitrogen and oxygen atoms in total. The first kappa shape index (κ1) is 21.1.